The van der Waals surface area contributed by atoms with Crippen LogP contribution in [0.3, 0.4) is 0 Å². The first kappa shape index (κ1) is 14.3. The van der Waals surface area contributed by atoms with Crippen molar-refractivity contribution >= 4 is 28.3 Å². The Kier molecular flexibility index (Phi) is 4.57. The van der Waals surface area contributed by atoms with Crippen LogP contribution in [0.25, 0.3) is 0 Å². The van der Waals surface area contributed by atoms with Crippen LogP contribution in [0.4, 0.5) is 10.8 Å². The van der Waals surface area contributed by atoms with Crippen LogP contribution in [-0.2, 0) is 6.42 Å². The summed E-state index contributed by atoms with van der Waals surface area (Å²) in [6.45, 7) is 2.83. The number of rotatable bonds is 5. The number of amides is 1. The van der Waals surface area contributed by atoms with E-state index in [9.17, 15) is 4.79 Å². The first-order valence-electron chi connectivity index (χ1n) is 6.39. The van der Waals surface area contributed by atoms with Gasteiger partial charge in [-0.1, -0.05) is 24.3 Å². The molecule has 1 heterocycles. The van der Waals surface area contributed by atoms with Crippen LogP contribution >= 0.6 is 11.5 Å². The van der Waals surface area contributed by atoms with Crippen LogP contribution in [0, 0.1) is 6.92 Å². The highest BCUT2D eigenvalue weighted by molar-refractivity contribution is 7.11. The lowest BCUT2D eigenvalue weighted by Gasteiger charge is -2.08. The van der Waals surface area contributed by atoms with Crippen molar-refractivity contribution in [3.05, 3.63) is 41.0 Å². The minimum Gasteiger partial charge on any atom is -0.382 e. The summed E-state index contributed by atoms with van der Waals surface area (Å²) in [6, 6.07) is 8.26. The highest BCUT2D eigenvalue weighted by atomic mass is 32.1. The Hall–Kier alpha value is -2.08. The summed E-state index contributed by atoms with van der Waals surface area (Å²) in [4.78, 5) is 11.7. The summed E-state index contributed by atoms with van der Waals surface area (Å²) in [5.41, 5.74) is 8.71. The van der Waals surface area contributed by atoms with Crippen LogP contribution in [0.5, 0.6) is 0 Å². The number of nitrogens with zero attached hydrogens (tertiary/aromatic N) is 1. The summed E-state index contributed by atoms with van der Waals surface area (Å²) >= 11 is 1.21. The molecule has 5 nitrogen and oxygen atoms in total. The van der Waals surface area contributed by atoms with Gasteiger partial charge in [0.2, 0.25) is 0 Å². The molecule has 0 unspecified atom stereocenters. The van der Waals surface area contributed by atoms with Crippen molar-refractivity contribution in [1.29, 1.82) is 0 Å². The fraction of sp³-hybridized carbons (Fsp3) is 0.286. The van der Waals surface area contributed by atoms with E-state index in [0.29, 0.717) is 5.56 Å². The Labute approximate surface area is 122 Å². The highest BCUT2D eigenvalue weighted by Gasteiger charge is 2.17. The van der Waals surface area contributed by atoms with Gasteiger partial charge in [0.25, 0.3) is 5.91 Å². The first-order chi connectivity index (χ1) is 9.63. The first-order valence-corrected chi connectivity index (χ1v) is 7.16. The number of aryl methyl sites for hydroxylation is 1. The average molecular weight is 290 g/mol. The Morgan fingerprint density at radius 3 is 2.85 bits per heavy atom. The smallest absolute Gasteiger partial charge is 0.257 e. The molecule has 1 aromatic carbocycles. The summed E-state index contributed by atoms with van der Waals surface area (Å²) in [5.74, 6) is 0.0578. The Bertz CT molecular complexity index is 609. The van der Waals surface area contributed by atoms with Gasteiger partial charge in [0.15, 0.2) is 5.82 Å². The number of anilines is 2. The minimum absolute atomic E-state index is 0.213. The van der Waals surface area contributed by atoms with Gasteiger partial charge in [-0.15, -0.1) is 0 Å². The fourth-order valence-corrected chi connectivity index (χ4v) is 2.70. The summed E-state index contributed by atoms with van der Waals surface area (Å²) in [5, 5.41) is 6.53. The molecular weight excluding hydrogens is 272 g/mol. The minimum atomic E-state index is -0.213. The second-order valence-corrected chi connectivity index (χ2v) is 5.23. The van der Waals surface area contributed by atoms with Gasteiger partial charge in [0.1, 0.15) is 10.6 Å². The third-order valence-corrected chi connectivity index (χ3v) is 3.93. The number of benzene rings is 1. The van der Waals surface area contributed by atoms with E-state index < -0.39 is 0 Å². The molecule has 0 atom stereocenters. The van der Waals surface area contributed by atoms with Crippen LogP contribution in [0.1, 0.15) is 21.5 Å². The van der Waals surface area contributed by atoms with Crippen LogP contribution in [0.15, 0.2) is 24.3 Å². The molecule has 0 fully saturated rings. The predicted molar refractivity (Wildman–Crippen MR) is 83.3 cm³/mol. The number of hydrogen-bond acceptors (Lipinski definition) is 5. The number of nitrogen functional groups attached to an aromatic ring is 1. The van der Waals surface area contributed by atoms with Gasteiger partial charge in [-0.25, -0.2) is 0 Å². The zero-order valence-corrected chi connectivity index (χ0v) is 12.4. The molecule has 0 radical (unpaired) electrons. The molecule has 0 saturated carbocycles. The van der Waals surface area contributed by atoms with Gasteiger partial charge in [-0.2, -0.15) is 4.37 Å². The third-order valence-electron chi connectivity index (χ3n) is 3.11. The van der Waals surface area contributed by atoms with E-state index >= 15 is 0 Å². The summed E-state index contributed by atoms with van der Waals surface area (Å²) in [6.07, 6.45) is 0.887. The van der Waals surface area contributed by atoms with Crippen molar-refractivity contribution in [3.63, 3.8) is 0 Å². The molecule has 2 rings (SSSR count). The highest BCUT2D eigenvalue weighted by Crippen LogP contribution is 2.26. The normalized spacial score (nSPS) is 10.3. The molecule has 0 aliphatic carbocycles. The van der Waals surface area contributed by atoms with Gasteiger partial charge < -0.3 is 16.4 Å². The van der Waals surface area contributed by atoms with Gasteiger partial charge in [-0.3, -0.25) is 4.79 Å². The molecule has 0 aliphatic rings. The maximum atomic E-state index is 11.7. The molecule has 0 aliphatic heterocycles. The van der Waals surface area contributed by atoms with E-state index in [2.05, 4.69) is 34.1 Å². The SMILES string of the molecule is CNC(=O)c1c(N)nsc1NCCc1ccccc1C. The summed E-state index contributed by atoms with van der Waals surface area (Å²) < 4.78 is 4.02. The molecule has 2 aromatic rings. The van der Waals surface area contributed by atoms with Gasteiger partial charge in [-0.05, 0) is 36.0 Å². The topological polar surface area (TPSA) is 80.0 Å². The lowest BCUT2D eigenvalue weighted by atomic mass is 10.1. The number of nitrogens with one attached hydrogen (secondary N) is 2. The van der Waals surface area contributed by atoms with E-state index in [4.69, 9.17) is 5.73 Å². The van der Waals surface area contributed by atoms with E-state index in [1.807, 2.05) is 12.1 Å². The number of carbonyl (C=O) groups excluding carboxylic acids is 1. The number of nitrogens with two attached hydrogens (primary N) is 1. The third kappa shape index (κ3) is 3.08. The van der Waals surface area contributed by atoms with E-state index in [-0.39, 0.29) is 11.7 Å². The Balaban J connectivity index is 2.02. The number of carbonyl (C=O) groups is 1. The average Bonchev–Trinajstić information content (AvgIpc) is 2.81. The second kappa shape index (κ2) is 6.38. The lowest BCUT2D eigenvalue weighted by molar-refractivity contribution is 0.0965. The molecule has 1 amide bonds. The molecular formula is C14H18N4OS. The molecule has 4 N–H and O–H groups in total. The Morgan fingerprint density at radius 2 is 2.15 bits per heavy atom. The fourth-order valence-electron chi connectivity index (χ4n) is 1.97. The van der Waals surface area contributed by atoms with Gasteiger partial charge in [0.05, 0.1) is 0 Å². The van der Waals surface area contributed by atoms with Crippen LogP contribution in [-0.4, -0.2) is 23.9 Å². The maximum Gasteiger partial charge on any atom is 0.257 e. The van der Waals surface area contributed by atoms with Gasteiger partial charge >= 0.3 is 0 Å². The monoisotopic (exact) mass is 290 g/mol. The second-order valence-electron chi connectivity index (χ2n) is 4.45. The Morgan fingerprint density at radius 1 is 1.40 bits per heavy atom. The van der Waals surface area contributed by atoms with Crippen LogP contribution in [0.2, 0.25) is 0 Å². The number of aromatic nitrogens is 1. The van der Waals surface area contributed by atoms with Crippen molar-refractivity contribution in [2.45, 2.75) is 13.3 Å². The molecule has 106 valence electrons. The van der Waals surface area contributed by atoms with Crippen molar-refractivity contribution in [1.82, 2.24) is 9.69 Å². The predicted octanol–water partition coefficient (Wildman–Crippen LogP) is 2.05. The van der Waals surface area contributed by atoms with Gasteiger partial charge in [0, 0.05) is 13.6 Å². The zero-order valence-electron chi connectivity index (χ0n) is 11.6. The number of hydrogen-bond donors (Lipinski definition) is 3. The molecule has 0 bridgehead atoms. The largest absolute Gasteiger partial charge is 0.382 e. The molecule has 0 spiro atoms. The lowest BCUT2D eigenvalue weighted by Crippen LogP contribution is -2.20. The van der Waals surface area contributed by atoms with Crippen LogP contribution < -0.4 is 16.4 Å². The molecule has 1 aromatic heterocycles. The van der Waals surface area contributed by atoms with E-state index in [1.54, 1.807) is 7.05 Å². The van der Waals surface area contributed by atoms with Crippen molar-refractivity contribution in [2.75, 3.05) is 24.6 Å². The van der Waals surface area contributed by atoms with E-state index in [0.717, 1.165) is 18.0 Å². The maximum absolute atomic E-state index is 11.7. The molecule has 0 saturated heterocycles. The standard InChI is InChI=1S/C14H18N4OS/c1-9-5-3-4-6-10(9)7-8-17-14-11(13(19)16-2)12(15)18-20-14/h3-6,17H,7-8H2,1-2H3,(H2,15,18)(H,16,19). The van der Waals surface area contributed by atoms with Crippen molar-refractivity contribution in [2.24, 2.45) is 0 Å². The quantitative estimate of drug-likeness (QED) is 0.787. The van der Waals surface area contributed by atoms with Crippen molar-refractivity contribution in [3.8, 4) is 0 Å². The van der Waals surface area contributed by atoms with Crippen molar-refractivity contribution < 1.29 is 4.79 Å². The zero-order chi connectivity index (χ0) is 14.5. The molecule has 6 heteroatoms. The van der Waals surface area contributed by atoms with E-state index in [1.165, 1.54) is 22.7 Å². The molecule has 20 heavy (non-hydrogen) atoms. The summed E-state index contributed by atoms with van der Waals surface area (Å²) in [7, 11) is 1.58.